The number of aromatic amines is 1. The Morgan fingerprint density at radius 1 is 1.00 bits per heavy atom. The number of hydrogen-bond acceptors (Lipinski definition) is 2. The Morgan fingerprint density at radius 3 is 2.43 bits per heavy atom. The molecule has 30 heavy (non-hydrogen) atoms. The van der Waals surface area contributed by atoms with Gasteiger partial charge in [0.15, 0.2) is 0 Å². The Labute approximate surface area is 182 Å². The van der Waals surface area contributed by atoms with Gasteiger partial charge in [0, 0.05) is 53.0 Å². The van der Waals surface area contributed by atoms with E-state index in [0.29, 0.717) is 18.1 Å². The Bertz CT molecular complexity index is 1040. The summed E-state index contributed by atoms with van der Waals surface area (Å²) >= 11 is 6.49. The Kier molecular flexibility index (Phi) is 6.83. The van der Waals surface area contributed by atoms with Crippen molar-refractivity contribution in [3.63, 3.8) is 0 Å². The van der Waals surface area contributed by atoms with Gasteiger partial charge in [-0.15, -0.1) is 0 Å². The van der Waals surface area contributed by atoms with Gasteiger partial charge >= 0.3 is 0 Å². The van der Waals surface area contributed by atoms with Crippen LogP contribution in [-0.2, 0) is 9.59 Å². The van der Waals surface area contributed by atoms with Crippen molar-refractivity contribution in [1.29, 1.82) is 0 Å². The van der Waals surface area contributed by atoms with Crippen LogP contribution in [0.15, 0.2) is 54.7 Å². The van der Waals surface area contributed by atoms with Gasteiger partial charge in [-0.2, -0.15) is 0 Å². The number of carbonyl (C=O) groups is 2. The minimum Gasteiger partial charge on any atom is -0.361 e. The minimum atomic E-state index is -0.471. The van der Waals surface area contributed by atoms with Crippen molar-refractivity contribution in [2.75, 3.05) is 13.1 Å². The lowest BCUT2D eigenvalue weighted by Gasteiger charge is -2.20. The number of benzene rings is 2. The van der Waals surface area contributed by atoms with E-state index in [9.17, 15) is 9.59 Å². The molecule has 0 radical (unpaired) electrons. The average molecular weight is 426 g/mol. The second-order valence-electron chi connectivity index (χ2n) is 8.42. The summed E-state index contributed by atoms with van der Waals surface area (Å²) in [5.74, 6) is -0.271. The van der Waals surface area contributed by atoms with Crippen molar-refractivity contribution in [1.82, 2.24) is 15.6 Å². The molecule has 2 aromatic carbocycles. The van der Waals surface area contributed by atoms with Gasteiger partial charge < -0.3 is 15.6 Å². The molecular weight excluding hydrogens is 398 g/mol. The molecule has 1 heterocycles. The van der Waals surface area contributed by atoms with Crippen LogP contribution in [0.3, 0.4) is 0 Å². The third kappa shape index (κ3) is 5.22. The van der Waals surface area contributed by atoms with Crippen molar-refractivity contribution in [2.45, 2.75) is 33.1 Å². The zero-order valence-corrected chi connectivity index (χ0v) is 18.3. The lowest BCUT2D eigenvalue weighted by Crippen LogP contribution is -2.38. The third-order valence-electron chi connectivity index (χ3n) is 5.10. The summed E-state index contributed by atoms with van der Waals surface area (Å²) in [5.41, 5.74) is 2.62. The van der Waals surface area contributed by atoms with Crippen LogP contribution in [0.1, 0.15) is 44.2 Å². The highest BCUT2D eigenvalue weighted by molar-refractivity contribution is 6.31. The van der Waals surface area contributed by atoms with Gasteiger partial charge in [0.25, 0.3) is 0 Å². The Morgan fingerprint density at radius 2 is 1.70 bits per heavy atom. The molecule has 0 aliphatic carbocycles. The average Bonchev–Trinajstić information content (AvgIpc) is 3.13. The molecule has 1 aromatic heterocycles. The molecular formula is C24H28ClN3O2. The molecule has 6 heteroatoms. The zero-order chi connectivity index (χ0) is 21.7. The number of rotatable bonds is 7. The van der Waals surface area contributed by atoms with Crippen molar-refractivity contribution in [2.24, 2.45) is 5.41 Å². The summed E-state index contributed by atoms with van der Waals surface area (Å²) in [6, 6.07) is 15.8. The molecule has 1 unspecified atom stereocenters. The Hall–Kier alpha value is -2.79. The van der Waals surface area contributed by atoms with E-state index >= 15 is 0 Å². The molecule has 0 saturated carbocycles. The predicted molar refractivity (Wildman–Crippen MR) is 122 cm³/mol. The van der Waals surface area contributed by atoms with E-state index in [4.69, 9.17) is 11.6 Å². The van der Waals surface area contributed by atoms with E-state index in [-0.39, 0.29) is 24.2 Å². The number of hydrogen-bond donors (Lipinski definition) is 3. The van der Waals surface area contributed by atoms with Gasteiger partial charge in [-0.25, -0.2) is 0 Å². The van der Waals surface area contributed by atoms with Crippen molar-refractivity contribution < 1.29 is 9.59 Å². The van der Waals surface area contributed by atoms with Gasteiger partial charge in [-0.1, -0.05) is 68.8 Å². The second-order valence-corrected chi connectivity index (χ2v) is 8.83. The number of carbonyl (C=O) groups excluding carboxylic acids is 2. The van der Waals surface area contributed by atoms with Crippen molar-refractivity contribution in [3.05, 3.63) is 70.9 Å². The molecule has 0 spiro atoms. The molecule has 3 aromatic rings. The molecule has 2 amide bonds. The van der Waals surface area contributed by atoms with Gasteiger partial charge in [0.05, 0.1) is 0 Å². The smallest absolute Gasteiger partial charge is 0.225 e. The molecule has 0 fully saturated rings. The van der Waals surface area contributed by atoms with Gasteiger partial charge in [0.1, 0.15) is 0 Å². The van der Waals surface area contributed by atoms with Crippen LogP contribution >= 0.6 is 11.6 Å². The van der Waals surface area contributed by atoms with Crippen molar-refractivity contribution >= 4 is 34.3 Å². The summed E-state index contributed by atoms with van der Waals surface area (Å²) < 4.78 is 0. The van der Waals surface area contributed by atoms with Crippen LogP contribution in [0.2, 0.25) is 5.02 Å². The van der Waals surface area contributed by atoms with Gasteiger partial charge in [0.2, 0.25) is 11.8 Å². The van der Waals surface area contributed by atoms with Crippen molar-refractivity contribution in [3.8, 4) is 0 Å². The highest BCUT2D eigenvalue weighted by atomic mass is 35.5. The number of para-hydroxylation sites is 1. The van der Waals surface area contributed by atoms with E-state index in [1.165, 1.54) is 0 Å². The van der Waals surface area contributed by atoms with Crippen LogP contribution < -0.4 is 10.6 Å². The molecule has 1 atom stereocenters. The number of nitrogens with one attached hydrogen (secondary N) is 3. The molecule has 3 N–H and O–H groups in total. The van der Waals surface area contributed by atoms with E-state index in [1.54, 1.807) is 0 Å². The zero-order valence-electron chi connectivity index (χ0n) is 17.6. The first-order valence-corrected chi connectivity index (χ1v) is 10.5. The highest BCUT2D eigenvalue weighted by Gasteiger charge is 2.22. The molecule has 3 rings (SSSR count). The third-order valence-corrected chi connectivity index (χ3v) is 5.44. The lowest BCUT2D eigenvalue weighted by molar-refractivity contribution is -0.128. The van der Waals surface area contributed by atoms with E-state index < -0.39 is 5.41 Å². The van der Waals surface area contributed by atoms with Crippen LogP contribution in [0.25, 0.3) is 10.9 Å². The molecule has 5 nitrogen and oxygen atoms in total. The highest BCUT2D eigenvalue weighted by Crippen LogP contribution is 2.34. The maximum absolute atomic E-state index is 12.4. The lowest BCUT2D eigenvalue weighted by atomic mass is 9.90. The summed E-state index contributed by atoms with van der Waals surface area (Å²) in [5, 5.41) is 7.59. The first kappa shape index (κ1) is 21.9. The van der Waals surface area contributed by atoms with Crippen LogP contribution in [0.5, 0.6) is 0 Å². The van der Waals surface area contributed by atoms with E-state index in [1.807, 2.05) is 69.4 Å². The Balaban J connectivity index is 1.72. The molecule has 0 bridgehead atoms. The second kappa shape index (κ2) is 9.35. The van der Waals surface area contributed by atoms with Gasteiger partial charge in [-0.05, 0) is 23.3 Å². The fourth-order valence-corrected chi connectivity index (χ4v) is 3.65. The normalized spacial score (nSPS) is 12.5. The fraction of sp³-hybridized carbons (Fsp3) is 0.333. The minimum absolute atomic E-state index is 0.0666. The number of amides is 2. The van der Waals surface area contributed by atoms with E-state index in [0.717, 1.165) is 22.0 Å². The summed E-state index contributed by atoms with van der Waals surface area (Å²) in [6.07, 6.45) is 2.21. The summed E-state index contributed by atoms with van der Waals surface area (Å²) in [4.78, 5) is 27.7. The maximum Gasteiger partial charge on any atom is 0.225 e. The molecule has 158 valence electrons. The number of H-pyrrole nitrogens is 1. The van der Waals surface area contributed by atoms with Crippen LogP contribution in [0.4, 0.5) is 0 Å². The number of halogens is 1. The van der Waals surface area contributed by atoms with Crippen LogP contribution in [0, 0.1) is 5.41 Å². The topological polar surface area (TPSA) is 74.0 Å². The predicted octanol–water partition coefficient (Wildman–Crippen LogP) is 4.62. The summed E-state index contributed by atoms with van der Waals surface area (Å²) in [6.45, 7) is 6.26. The fourth-order valence-electron chi connectivity index (χ4n) is 3.39. The number of fused-ring (bicyclic) bond motifs is 1. The van der Waals surface area contributed by atoms with E-state index in [2.05, 4.69) is 21.7 Å². The standard InChI is InChI=1S/C24H28ClN3O2/c1-24(2,3)23(30)26-13-12-22(29)28-15-18(16-8-4-6-10-20(16)25)19-14-27-21-11-7-5-9-17(19)21/h4-11,14,18,27H,12-13,15H2,1-3H3,(H,26,30)(H,28,29). The van der Waals surface area contributed by atoms with Gasteiger partial charge in [-0.3, -0.25) is 9.59 Å². The SMILES string of the molecule is CC(C)(C)C(=O)NCCC(=O)NCC(c1ccccc1Cl)c1c[nH]c2ccccc12. The summed E-state index contributed by atoms with van der Waals surface area (Å²) in [7, 11) is 0. The monoisotopic (exact) mass is 425 g/mol. The molecule has 0 aliphatic rings. The van der Waals surface area contributed by atoms with Crippen LogP contribution in [-0.4, -0.2) is 29.9 Å². The maximum atomic E-state index is 12.4. The first-order chi connectivity index (χ1) is 14.3. The first-order valence-electron chi connectivity index (χ1n) is 10.1. The quantitative estimate of drug-likeness (QED) is 0.516. The molecule has 0 aliphatic heterocycles. The largest absolute Gasteiger partial charge is 0.361 e. The number of aromatic nitrogens is 1. The molecule has 0 saturated heterocycles.